The van der Waals surface area contributed by atoms with E-state index in [1.807, 2.05) is 18.7 Å². The van der Waals surface area contributed by atoms with Gasteiger partial charge in [-0.15, -0.1) is 13.2 Å². The molecule has 0 spiro atoms. The summed E-state index contributed by atoms with van der Waals surface area (Å²) in [5.41, 5.74) is 6.52. The molecular formula is C19H22F3N5O4. The average Bonchev–Trinajstić information content (AvgIpc) is 3.19. The van der Waals surface area contributed by atoms with Crippen LogP contribution in [0.4, 0.5) is 19.0 Å². The van der Waals surface area contributed by atoms with E-state index in [9.17, 15) is 23.3 Å². The number of halogens is 3. The lowest BCUT2D eigenvalue weighted by molar-refractivity contribution is -0.389. The lowest BCUT2D eigenvalue weighted by Gasteiger charge is -2.46. The van der Waals surface area contributed by atoms with Gasteiger partial charge < -0.3 is 25.3 Å². The molecule has 4 unspecified atom stereocenters. The third-order valence-corrected chi connectivity index (χ3v) is 6.16. The van der Waals surface area contributed by atoms with Crippen LogP contribution in [0.3, 0.4) is 0 Å². The molecule has 2 N–H and O–H groups in total. The van der Waals surface area contributed by atoms with Crippen LogP contribution in [0.1, 0.15) is 44.2 Å². The number of imidazole rings is 1. The summed E-state index contributed by atoms with van der Waals surface area (Å²) in [6.45, 7) is 4.35. The van der Waals surface area contributed by atoms with Crippen LogP contribution in [0.5, 0.6) is 11.8 Å². The van der Waals surface area contributed by atoms with Crippen molar-refractivity contribution in [2.24, 2.45) is 5.73 Å². The summed E-state index contributed by atoms with van der Waals surface area (Å²) < 4.78 is 48.6. The number of nitro groups is 1. The molecule has 1 fully saturated rings. The summed E-state index contributed by atoms with van der Waals surface area (Å²) in [6.07, 6.45) is -2.45. The van der Waals surface area contributed by atoms with Gasteiger partial charge in [0.05, 0.1) is 12.2 Å². The third kappa shape index (κ3) is 3.92. The third-order valence-electron chi connectivity index (χ3n) is 6.16. The molecule has 0 bridgehead atoms. The van der Waals surface area contributed by atoms with Gasteiger partial charge in [-0.2, -0.15) is 0 Å². The maximum atomic E-state index is 12.3. The van der Waals surface area contributed by atoms with Crippen LogP contribution in [-0.2, 0) is 0 Å². The fourth-order valence-electron chi connectivity index (χ4n) is 4.42. The zero-order chi connectivity index (χ0) is 22.6. The first kappa shape index (κ1) is 21.4. The van der Waals surface area contributed by atoms with Gasteiger partial charge in [0.2, 0.25) is 0 Å². The molecule has 12 heteroatoms. The summed E-state index contributed by atoms with van der Waals surface area (Å²) in [4.78, 5) is 16.3. The number of fused-ring (bicyclic) bond motifs is 1. The number of nitrogens with zero attached hydrogens (tertiary/aromatic N) is 4. The number of alkyl halides is 3. The Labute approximate surface area is 175 Å². The Morgan fingerprint density at radius 2 is 2.03 bits per heavy atom. The normalized spacial score (nSPS) is 28.8. The maximum Gasteiger partial charge on any atom is 0.573 e. The molecule has 2 aliphatic rings. The number of hydrogen-bond donors (Lipinski definition) is 1. The molecule has 3 heterocycles. The summed E-state index contributed by atoms with van der Waals surface area (Å²) >= 11 is 0. The Morgan fingerprint density at radius 3 is 2.58 bits per heavy atom. The van der Waals surface area contributed by atoms with Crippen molar-refractivity contribution in [3.8, 4) is 11.8 Å². The highest BCUT2D eigenvalue weighted by Gasteiger charge is 2.52. The molecule has 1 aromatic heterocycles. The first-order valence-corrected chi connectivity index (χ1v) is 9.78. The predicted octanol–water partition coefficient (Wildman–Crippen LogP) is 3.52. The topological polar surface area (TPSA) is 109 Å². The number of benzene rings is 1. The van der Waals surface area contributed by atoms with Crippen molar-refractivity contribution < 1.29 is 27.6 Å². The number of nitrogens with two attached hydrogens (primary N) is 1. The van der Waals surface area contributed by atoms with Crippen LogP contribution in [0.15, 0.2) is 30.5 Å². The van der Waals surface area contributed by atoms with E-state index in [2.05, 4.69) is 9.72 Å². The van der Waals surface area contributed by atoms with Crippen molar-refractivity contribution in [3.63, 3.8) is 0 Å². The van der Waals surface area contributed by atoms with Crippen molar-refractivity contribution in [1.29, 1.82) is 0 Å². The maximum absolute atomic E-state index is 12.3. The van der Waals surface area contributed by atoms with Gasteiger partial charge in [-0.1, -0.05) is 12.1 Å². The molecule has 2 aromatic rings. The van der Waals surface area contributed by atoms with E-state index in [0.29, 0.717) is 13.0 Å². The minimum absolute atomic E-state index is 0.0737. The van der Waals surface area contributed by atoms with Crippen LogP contribution < -0.4 is 15.2 Å². The lowest BCUT2D eigenvalue weighted by Crippen LogP contribution is -2.61. The van der Waals surface area contributed by atoms with Gasteiger partial charge in [-0.3, -0.25) is 4.57 Å². The van der Waals surface area contributed by atoms with Gasteiger partial charge >= 0.3 is 18.2 Å². The smallest absolute Gasteiger partial charge is 0.422 e. The number of ether oxygens (including phenoxy) is 2. The highest BCUT2D eigenvalue weighted by molar-refractivity contribution is 5.30. The van der Waals surface area contributed by atoms with Crippen molar-refractivity contribution >= 4 is 5.82 Å². The quantitative estimate of drug-likeness (QED) is 0.571. The van der Waals surface area contributed by atoms with Crippen molar-refractivity contribution in [3.05, 3.63) is 46.1 Å². The summed E-state index contributed by atoms with van der Waals surface area (Å²) in [5.74, 6) is -0.461. The van der Waals surface area contributed by atoms with E-state index >= 15 is 0 Å². The van der Waals surface area contributed by atoms with E-state index < -0.39 is 17.0 Å². The number of hydrogen-bond acceptors (Lipinski definition) is 7. The zero-order valence-corrected chi connectivity index (χ0v) is 16.9. The fraction of sp³-hybridized carbons (Fsp3) is 0.526. The van der Waals surface area contributed by atoms with Gasteiger partial charge in [-0.05, 0) is 55.2 Å². The molecule has 31 heavy (non-hydrogen) atoms. The van der Waals surface area contributed by atoms with E-state index in [1.165, 1.54) is 18.3 Å². The average molecular weight is 441 g/mol. The summed E-state index contributed by atoms with van der Waals surface area (Å²) in [6, 6.07) is 5.77. The number of piperidine rings is 1. The molecule has 2 aliphatic heterocycles. The molecule has 4 rings (SSSR count). The van der Waals surface area contributed by atoms with E-state index in [4.69, 9.17) is 10.5 Å². The monoisotopic (exact) mass is 441 g/mol. The fourth-order valence-corrected chi connectivity index (χ4v) is 4.42. The Hall–Kier alpha value is -2.86. The Bertz CT molecular complexity index is 980. The minimum atomic E-state index is -4.73. The first-order chi connectivity index (χ1) is 14.5. The Balaban J connectivity index is 1.45. The van der Waals surface area contributed by atoms with E-state index in [0.717, 1.165) is 12.0 Å². The standard InChI is InChI=1S/C19H22F3N5O4/c1-11-18(2,31-17-24-16(27(28)29)10-25(11)17)26-8-7-13(9-15(26)23)12-3-5-14(6-4-12)30-19(20,21)22/h3-6,10-11,13,15H,7-9,23H2,1-2H3. The second kappa shape index (κ2) is 7.38. The highest BCUT2D eigenvalue weighted by Crippen LogP contribution is 2.44. The molecule has 9 nitrogen and oxygen atoms in total. The van der Waals surface area contributed by atoms with Gasteiger partial charge in [0, 0.05) is 11.5 Å². The van der Waals surface area contributed by atoms with Crippen LogP contribution in [-0.4, -0.2) is 44.2 Å². The van der Waals surface area contributed by atoms with Crippen LogP contribution in [0.25, 0.3) is 0 Å². The molecular weight excluding hydrogens is 419 g/mol. The Kier molecular flexibility index (Phi) is 5.09. The molecule has 4 atom stereocenters. The second-order valence-electron chi connectivity index (χ2n) is 7.98. The summed E-state index contributed by atoms with van der Waals surface area (Å²) in [5, 5.41) is 11.0. The molecule has 1 saturated heterocycles. The van der Waals surface area contributed by atoms with Crippen molar-refractivity contribution in [2.75, 3.05) is 6.54 Å². The molecule has 0 saturated carbocycles. The zero-order valence-electron chi connectivity index (χ0n) is 16.9. The molecule has 0 radical (unpaired) electrons. The van der Waals surface area contributed by atoms with Gasteiger partial charge in [0.25, 0.3) is 0 Å². The van der Waals surface area contributed by atoms with Crippen LogP contribution in [0.2, 0.25) is 0 Å². The van der Waals surface area contributed by atoms with E-state index in [1.54, 1.807) is 16.7 Å². The van der Waals surface area contributed by atoms with Gasteiger partial charge in [0.15, 0.2) is 5.72 Å². The summed E-state index contributed by atoms with van der Waals surface area (Å²) in [7, 11) is 0. The predicted molar refractivity (Wildman–Crippen MR) is 102 cm³/mol. The Morgan fingerprint density at radius 1 is 1.35 bits per heavy atom. The molecule has 168 valence electrons. The molecule has 0 amide bonds. The molecule has 1 aromatic carbocycles. The number of rotatable bonds is 4. The van der Waals surface area contributed by atoms with Crippen molar-refractivity contribution in [2.45, 2.75) is 56.9 Å². The SMILES string of the molecule is CC1n2cc([N+](=O)[O-])nc2OC1(C)N1CCC(c2ccc(OC(F)(F)F)cc2)CC1N. The minimum Gasteiger partial charge on any atom is -0.422 e. The highest BCUT2D eigenvalue weighted by atomic mass is 19.4. The van der Waals surface area contributed by atoms with Gasteiger partial charge in [-0.25, -0.2) is 4.90 Å². The largest absolute Gasteiger partial charge is 0.573 e. The number of likely N-dealkylation sites (tertiary alicyclic amines) is 1. The second-order valence-corrected chi connectivity index (χ2v) is 7.98. The first-order valence-electron chi connectivity index (χ1n) is 9.78. The van der Waals surface area contributed by atoms with Crippen LogP contribution >= 0.6 is 0 Å². The lowest BCUT2D eigenvalue weighted by atomic mass is 9.86. The van der Waals surface area contributed by atoms with Crippen LogP contribution in [0, 0.1) is 10.1 Å². The van der Waals surface area contributed by atoms with Crippen molar-refractivity contribution in [1.82, 2.24) is 14.5 Å². The van der Waals surface area contributed by atoms with E-state index in [-0.39, 0.29) is 35.7 Å². The van der Waals surface area contributed by atoms with Gasteiger partial charge in [0.1, 0.15) is 11.9 Å². The molecule has 0 aliphatic carbocycles. The number of aromatic nitrogens is 2.